The maximum Gasteiger partial charge on any atom is 0.320 e. The van der Waals surface area contributed by atoms with E-state index in [1.807, 2.05) is 19.1 Å². The molecule has 22 heavy (non-hydrogen) atoms. The molecule has 0 radical (unpaired) electrons. The number of carbonyl (C=O) groups excluding carboxylic acids is 1. The second kappa shape index (κ2) is 6.65. The van der Waals surface area contributed by atoms with Gasteiger partial charge in [-0.1, -0.05) is 0 Å². The normalized spacial score (nSPS) is 16.7. The standard InChI is InChI=1S/C13H19N7O2/c1-2-22-13(21)10-18-6-3-7-19(9-8-18)12-5-4-11-14-16-17-20(11)15-12/h4-5H,2-3,6-10H2,1H3. The maximum absolute atomic E-state index is 11.6. The Labute approximate surface area is 127 Å². The summed E-state index contributed by atoms with van der Waals surface area (Å²) in [7, 11) is 0. The van der Waals surface area contributed by atoms with E-state index in [0.717, 1.165) is 38.4 Å². The number of anilines is 1. The Balaban J connectivity index is 1.63. The summed E-state index contributed by atoms with van der Waals surface area (Å²) in [5.41, 5.74) is 0.627. The Hall–Kier alpha value is -2.29. The zero-order chi connectivity index (χ0) is 15.4. The molecule has 0 bridgehead atoms. The fraction of sp³-hybridized carbons (Fsp3) is 0.615. The minimum Gasteiger partial charge on any atom is -0.465 e. The lowest BCUT2D eigenvalue weighted by atomic mass is 10.3. The van der Waals surface area contributed by atoms with Crippen molar-refractivity contribution in [3.63, 3.8) is 0 Å². The van der Waals surface area contributed by atoms with E-state index in [1.165, 1.54) is 4.63 Å². The molecule has 3 rings (SSSR count). The van der Waals surface area contributed by atoms with Gasteiger partial charge in [-0.3, -0.25) is 9.69 Å². The molecule has 0 N–H and O–H groups in total. The van der Waals surface area contributed by atoms with Crippen molar-refractivity contribution in [3.05, 3.63) is 12.1 Å². The summed E-state index contributed by atoms with van der Waals surface area (Å²) >= 11 is 0. The van der Waals surface area contributed by atoms with E-state index in [9.17, 15) is 4.79 Å². The van der Waals surface area contributed by atoms with E-state index in [0.29, 0.717) is 18.8 Å². The molecule has 0 atom stereocenters. The van der Waals surface area contributed by atoms with E-state index in [4.69, 9.17) is 4.74 Å². The van der Waals surface area contributed by atoms with Crippen molar-refractivity contribution < 1.29 is 9.53 Å². The lowest BCUT2D eigenvalue weighted by Crippen LogP contribution is -2.35. The van der Waals surface area contributed by atoms with Crippen LogP contribution in [0.1, 0.15) is 13.3 Å². The molecular weight excluding hydrogens is 286 g/mol. The molecule has 0 aromatic carbocycles. The van der Waals surface area contributed by atoms with Crippen LogP contribution in [0.25, 0.3) is 5.65 Å². The molecule has 0 aliphatic carbocycles. The predicted molar refractivity (Wildman–Crippen MR) is 78.5 cm³/mol. The molecule has 1 aliphatic rings. The third-order valence-electron chi connectivity index (χ3n) is 3.63. The lowest BCUT2D eigenvalue weighted by Gasteiger charge is -2.21. The first-order valence-electron chi connectivity index (χ1n) is 7.44. The van der Waals surface area contributed by atoms with Crippen molar-refractivity contribution in [2.24, 2.45) is 0 Å². The number of rotatable bonds is 4. The summed E-state index contributed by atoms with van der Waals surface area (Å²) < 4.78 is 6.43. The number of carbonyl (C=O) groups is 1. The van der Waals surface area contributed by atoms with E-state index in [1.54, 1.807) is 0 Å². The number of hydrogen-bond donors (Lipinski definition) is 0. The Kier molecular flexibility index (Phi) is 4.42. The van der Waals surface area contributed by atoms with Gasteiger partial charge in [-0.05, 0) is 35.9 Å². The van der Waals surface area contributed by atoms with Crippen LogP contribution in [0.2, 0.25) is 0 Å². The predicted octanol–water partition coefficient (Wildman–Crippen LogP) is -0.405. The minimum atomic E-state index is -0.163. The molecule has 2 aromatic heterocycles. The summed E-state index contributed by atoms with van der Waals surface area (Å²) in [6.07, 6.45) is 0.967. The number of fused-ring (bicyclic) bond motifs is 1. The second-order valence-electron chi connectivity index (χ2n) is 5.14. The molecule has 1 aliphatic heterocycles. The van der Waals surface area contributed by atoms with Crippen LogP contribution in [0.15, 0.2) is 12.1 Å². The van der Waals surface area contributed by atoms with E-state index in [-0.39, 0.29) is 5.97 Å². The van der Waals surface area contributed by atoms with Gasteiger partial charge in [0.2, 0.25) is 0 Å². The van der Waals surface area contributed by atoms with Gasteiger partial charge in [-0.2, -0.15) is 0 Å². The summed E-state index contributed by atoms with van der Waals surface area (Å²) in [5, 5.41) is 15.7. The van der Waals surface area contributed by atoms with Crippen molar-refractivity contribution in [1.82, 2.24) is 30.2 Å². The van der Waals surface area contributed by atoms with Crippen LogP contribution in [0.5, 0.6) is 0 Å². The molecule has 9 nitrogen and oxygen atoms in total. The number of nitrogens with zero attached hydrogens (tertiary/aromatic N) is 7. The SMILES string of the molecule is CCOC(=O)CN1CCCN(c2ccc3nnnn3n2)CC1. The van der Waals surface area contributed by atoms with Gasteiger partial charge < -0.3 is 9.64 Å². The first-order chi connectivity index (χ1) is 10.8. The maximum atomic E-state index is 11.6. The molecule has 0 amide bonds. The van der Waals surface area contributed by atoms with Gasteiger partial charge in [0.05, 0.1) is 13.2 Å². The fourth-order valence-electron chi connectivity index (χ4n) is 2.56. The molecule has 1 fully saturated rings. The van der Waals surface area contributed by atoms with Crippen molar-refractivity contribution in [3.8, 4) is 0 Å². The van der Waals surface area contributed by atoms with Crippen LogP contribution < -0.4 is 4.90 Å². The lowest BCUT2D eigenvalue weighted by molar-refractivity contribution is -0.144. The molecular formula is C13H19N7O2. The highest BCUT2D eigenvalue weighted by Crippen LogP contribution is 2.13. The second-order valence-corrected chi connectivity index (χ2v) is 5.14. The van der Waals surface area contributed by atoms with Crippen LogP contribution in [0.4, 0.5) is 5.82 Å². The van der Waals surface area contributed by atoms with Gasteiger partial charge in [0.1, 0.15) is 0 Å². The van der Waals surface area contributed by atoms with Crippen LogP contribution in [-0.4, -0.2) is 75.5 Å². The Bertz CT molecular complexity index is 644. The molecule has 9 heteroatoms. The molecule has 118 valence electrons. The first-order valence-corrected chi connectivity index (χ1v) is 7.44. The van der Waals surface area contributed by atoms with Crippen molar-refractivity contribution in [2.45, 2.75) is 13.3 Å². The highest BCUT2D eigenvalue weighted by atomic mass is 16.5. The molecule has 0 unspecified atom stereocenters. The number of esters is 1. The number of tetrazole rings is 1. The topological polar surface area (TPSA) is 88.8 Å². The van der Waals surface area contributed by atoms with Gasteiger partial charge in [0.25, 0.3) is 0 Å². The molecule has 3 heterocycles. The monoisotopic (exact) mass is 305 g/mol. The van der Waals surface area contributed by atoms with Crippen LogP contribution in [0, 0.1) is 0 Å². The van der Waals surface area contributed by atoms with Gasteiger partial charge in [0, 0.05) is 26.2 Å². The van der Waals surface area contributed by atoms with Gasteiger partial charge in [-0.25, -0.2) is 0 Å². The molecule has 1 saturated heterocycles. The zero-order valence-electron chi connectivity index (χ0n) is 12.6. The third kappa shape index (κ3) is 3.30. The van der Waals surface area contributed by atoms with E-state index < -0.39 is 0 Å². The van der Waals surface area contributed by atoms with E-state index >= 15 is 0 Å². The Morgan fingerprint density at radius 3 is 3.05 bits per heavy atom. The van der Waals surface area contributed by atoms with Crippen molar-refractivity contribution in [2.75, 3.05) is 44.2 Å². The number of ether oxygens (including phenoxy) is 1. The summed E-state index contributed by atoms with van der Waals surface area (Å²) in [5.74, 6) is 0.682. The van der Waals surface area contributed by atoms with Crippen LogP contribution in [-0.2, 0) is 9.53 Å². The van der Waals surface area contributed by atoms with Gasteiger partial charge in [0.15, 0.2) is 11.5 Å². The Morgan fingerprint density at radius 1 is 1.27 bits per heavy atom. The summed E-state index contributed by atoms with van der Waals surface area (Å²) in [6.45, 7) is 5.97. The van der Waals surface area contributed by atoms with Gasteiger partial charge in [-0.15, -0.1) is 14.8 Å². The highest BCUT2D eigenvalue weighted by Gasteiger charge is 2.19. The number of hydrogen-bond acceptors (Lipinski definition) is 8. The highest BCUT2D eigenvalue weighted by molar-refractivity contribution is 5.71. The number of aromatic nitrogens is 5. The fourth-order valence-corrected chi connectivity index (χ4v) is 2.56. The van der Waals surface area contributed by atoms with Crippen molar-refractivity contribution in [1.29, 1.82) is 0 Å². The molecule has 0 saturated carbocycles. The van der Waals surface area contributed by atoms with Crippen molar-refractivity contribution >= 4 is 17.4 Å². The first kappa shape index (κ1) is 14.6. The largest absolute Gasteiger partial charge is 0.465 e. The minimum absolute atomic E-state index is 0.163. The average Bonchev–Trinajstić information content (AvgIpc) is 2.86. The van der Waals surface area contributed by atoms with Crippen LogP contribution in [0.3, 0.4) is 0 Å². The van der Waals surface area contributed by atoms with Gasteiger partial charge >= 0.3 is 5.97 Å². The van der Waals surface area contributed by atoms with Crippen LogP contribution >= 0.6 is 0 Å². The quantitative estimate of drug-likeness (QED) is 0.705. The molecule has 0 spiro atoms. The molecule has 2 aromatic rings. The smallest absolute Gasteiger partial charge is 0.320 e. The van der Waals surface area contributed by atoms with E-state index in [2.05, 4.69) is 30.4 Å². The summed E-state index contributed by atoms with van der Waals surface area (Å²) in [4.78, 5) is 15.9. The third-order valence-corrected chi connectivity index (χ3v) is 3.63. The Morgan fingerprint density at radius 2 is 2.18 bits per heavy atom. The summed E-state index contributed by atoms with van der Waals surface area (Å²) in [6, 6.07) is 3.77. The average molecular weight is 305 g/mol. The zero-order valence-corrected chi connectivity index (χ0v) is 12.6.